The Morgan fingerprint density at radius 1 is 1.11 bits per heavy atom. The third-order valence-electron chi connectivity index (χ3n) is 5.16. The van der Waals surface area contributed by atoms with E-state index in [1.54, 1.807) is 6.07 Å². The standard InChI is InChI=1S/C22H22ClN3O/c23-17-9-10-19-18(15-17)20(8-4-7-16-5-2-1-3-6-16)26-22(21(27)25-19)11-13-24-14-12-22/h1-7,9-10,15,24H,8,11-14H2,(H,25,27). The summed E-state index contributed by atoms with van der Waals surface area (Å²) < 4.78 is 0. The molecule has 0 atom stereocenters. The Balaban J connectivity index is 1.72. The molecule has 2 N–H and O–H groups in total. The second-order valence-corrected chi connectivity index (χ2v) is 7.44. The third-order valence-corrected chi connectivity index (χ3v) is 5.40. The quantitative estimate of drug-likeness (QED) is 0.835. The number of allylic oxidation sites excluding steroid dienone is 1. The molecule has 2 aromatic carbocycles. The summed E-state index contributed by atoms with van der Waals surface area (Å²) >= 11 is 6.24. The number of anilines is 1. The summed E-state index contributed by atoms with van der Waals surface area (Å²) in [5.41, 5.74) is 3.03. The zero-order chi connectivity index (χ0) is 18.7. The molecule has 138 valence electrons. The van der Waals surface area contributed by atoms with E-state index in [0.717, 1.165) is 35.6 Å². The van der Waals surface area contributed by atoms with Crippen molar-refractivity contribution in [3.8, 4) is 0 Å². The lowest BCUT2D eigenvalue weighted by Gasteiger charge is -2.32. The lowest BCUT2D eigenvalue weighted by Crippen LogP contribution is -2.49. The Labute approximate surface area is 164 Å². The van der Waals surface area contributed by atoms with E-state index in [-0.39, 0.29) is 5.91 Å². The summed E-state index contributed by atoms with van der Waals surface area (Å²) in [6.45, 7) is 1.59. The maximum absolute atomic E-state index is 13.0. The first-order valence-corrected chi connectivity index (χ1v) is 9.67. The molecule has 1 saturated heterocycles. The highest BCUT2D eigenvalue weighted by molar-refractivity contribution is 6.31. The number of amides is 1. The molecule has 1 spiro atoms. The van der Waals surface area contributed by atoms with Crippen molar-refractivity contribution in [1.82, 2.24) is 5.32 Å². The molecule has 0 aromatic heterocycles. The number of hydrogen-bond acceptors (Lipinski definition) is 3. The summed E-state index contributed by atoms with van der Waals surface area (Å²) in [6, 6.07) is 15.7. The van der Waals surface area contributed by atoms with Crippen LogP contribution in [0.15, 0.2) is 59.6 Å². The highest BCUT2D eigenvalue weighted by Gasteiger charge is 2.41. The molecule has 0 saturated carbocycles. The van der Waals surface area contributed by atoms with Crippen LogP contribution in [-0.4, -0.2) is 30.2 Å². The topological polar surface area (TPSA) is 53.5 Å². The van der Waals surface area contributed by atoms with Crippen LogP contribution in [0.1, 0.15) is 30.4 Å². The number of carbonyl (C=O) groups is 1. The normalized spacial score (nSPS) is 18.7. The molecule has 2 heterocycles. The molecule has 2 aromatic rings. The summed E-state index contributed by atoms with van der Waals surface area (Å²) in [4.78, 5) is 18.0. The molecule has 4 nitrogen and oxygen atoms in total. The fourth-order valence-electron chi connectivity index (χ4n) is 3.68. The second-order valence-electron chi connectivity index (χ2n) is 7.00. The number of piperidine rings is 1. The highest BCUT2D eigenvalue weighted by atomic mass is 35.5. The van der Waals surface area contributed by atoms with Gasteiger partial charge in [-0.1, -0.05) is 54.1 Å². The van der Waals surface area contributed by atoms with Gasteiger partial charge < -0.3 is 10.6 Å². The van der Waals surface area contributed by atoms with Crippen molar-refractivity contribution in [3.63, 3.8) is 0 Å². The van der Waals surface area contributed by atoms with Crippen LogP contribution < -0.4 is 10.6 Å². The third kappa shape index (κ3) is 3.82. The van der Waals surface area contributed by atoms with Crippen LogP contribution in [0, 0.1) is 0 Å². The van der Waals surface area contributed by atoms with Gasteiger partial charge in [-0.05, 0) is 49.7 Å². The molecule has 0 radical (unpaired) electrons. The minimum Gasteiger partial charge on any atom is -0.323 e. The van der Waals surface area contributed by atoms with E-state index in [2.05, 4.69) is 34.9 Å². The number of nitrogens with zero attached hydrogens (tertiary/aromatic N) is 1. The molecule has 0 aliphatic carbocycles. The monoisotopic (exact) mass is 379 g/mol. The second kappa shape index (κ2) is 7.67. The zero-order valence-electron chi connectivity index (χ0n) is 15.0. The van der Waals surface area contributed by atoms with Crippen LogP contribution in [0.2, 0.25) is 5.02 Å². The number of carbonyl (C=O) groups excluding carboxylic acids is 1. The van der Waals surface area contributed by atoms with Crippen molar-refractivity contribution in [3.05, 3.63) is 70.8 Å². The molecule has 5 heteroatoms. The molecule has 1 amide bonds. The fraction of sp³-hybridized carbons (Fsp3) is 0.273. The predicted molar refractivity (Wildman–Crippen MR) is 112 cm³/mol. The number of nitrogens with one attached hydrogen (secondary N) is 2. The van der Waals surface area contributed by atoms with Gasteiger partial charge in [-0.15, -0.1) is 0 Å². The maximum atomic E-state index is 13.0. The van der Waals surface area contributed by atoms with Crippen molar-refractivity contribution >= 4 is 35.0 Å². The first-order valence-electron chi connectivity index (χ1n) is 9.29. The van der Waals surface area contributed by atoms with E-state index in [0.29, 0.717) is 24.3 Å². The zero-order valence-corrected chi connectivity index (χ0v) is 15.8. The molecular weight excluding hydrogens is 358 g/mol. The van der Waals surface area contributed by atoms with E-state index in [9.17, 15) is 4.79 Å². The van der Waals surface area contributed by atoms with Crippen LogP contribution in [0.25, 0.3) is 6.08 Å². The van der Waals surface area contributed by atoms with Gasteiger partial charge in [-0.2, -0.15) is 0 Å². The van der Waals surface area contributed by atoms with E-state index >= 15 is 0 Å². The minimum atomic E-state index is -0.702. The van der Waals surface area contributed by atoms with Crippen LogP contribution >= 0.6 is 11.6 Å². The van der Waals surface area contributed by atoms with Crippen LogP contribution in [0.3, 0.4) is 0 Å². The molecule has 1 fully saturated rings. The number of benzene rings is 2. The molecule has 0 unspecified atom stereocenters. The number of rotatable bonds is 3. The number of aliphatic imine (C=N–C) groups is 1. The first-order chi connectivity index (χ1) is 13.2. The minimum absolute atomic E-state index is 0.0189. The Morgan fingerprint density at radius 3 is 2.67 bits per heavy atom. The highest BCUT2D eigenvalue weighted by Crippen LogP contribution is 2.33. The average molecular weight is 380 g/mol. The van der Waals surface area contributed by atoms with Gasteiger partial charge >= 0.3 is 0 Å². The van der Waals surface area contributed by atoms with Crippen molar-refractivity contribution in [1.29, 1.82) is 0 Å². The maximum Gasteiger partial charge on any atom is 0.252 e. The Kier molecular flexibility index (Phi) is 5.10. The average Bonchev–Trinajstić information content (AvgIpc) is 2.79. The summed E-state index contributed by atoms with van der Waals surface area (Å²) in [5.74, 6) is -0.0189. The number of hydrogen-bond donors (Lipinski definition) is 2. The van der Waals surface area contributed by atoms with Gasteiger partial charge in [0, 0.05) is 28.4 Å². The van der Waals surface area contributed by atoms with E-state index < -0.39 is 5.54 Å². The van der Waals surface area contributed by atoms with Gasteiger partial charge in [-0.25, -0.2) is 0 Å². The summed E-state index contributed by atoms with van der Waals surface area (Å²) in [6.07, 6.45) is 6.23. The van der Waals surface area contributed by atoms with E-state index in [4.69, 9.17) is 16.6 Å². The van der Waals surface area contributed by atoms with Crippen LogP contribution in [0.4, 0.5) is 5.69 Å². The van der Waals surface area contributed by atoms with Crippen molar-refractivity contribution in [2.24, 2.45) is 4.99 Å². The fourth-order valence-corrected chi connectivity index (χ4v) is 3.85. The van der Waals surface area contributed by atoms with Gasteiger partial charge in [0.25, 0.3) is 5.91 Å². The Morgan fingerprint density at radius 2 is 1.89 bits per heavy atom. The predicted octanol–water partition coefficient (Wildman–Crippen LogP) is 4.31. The van der Waals surface area contributed by atoms with Gasteiger partial charge in [0.1, 0.15) is 5.54 Å². The molecular formula is C22H22ClN3O. The Bertz CT molecular complexity index is 899. The largest absolute Gasteiger partial charge is 0.323 e. The molecule has 27 heavy (non-hydrogen) atoms. The van der Waals surface area contributed by atoms with E-state index in [1.165, 1.54) is 0 Å². The lowest BCUT2D eigenvalue weighted by molar-refractivity contribution is -0.121. The Hall–Kier alpha value is -2.43. The molecule has 4 rings (SSSR count). The lowest BCUT2D eigenvalue weighted by atomic mass is 9.88. The smallest absolute Gasteiger partial charge is 0.252 e. The molecule has 2 aliphatic rings. The van der Waals surface area contributed by atoms with Crippen molar-refractivity contribution in [2.45, 2.75) is 24.8 Å². The molecule has 0 bridgehead atoms. The van der Waals surface area contributed by atoms with Crippen molar-refractivity contribution in [2.75, 3.05) is 18.4 Å². The van der Waals surface area contributed by atoms with Gasteiger partial charge in [0.15, 0.2) is 0 Å². The first kappa shape index (κ1) is 18.0. The SMILES string of the molecule is O=C1Nc2ccc(Cl)cc2C(CC=Cc2ccccc2)=NC12CCNCC2. The summed E-state index contributed by atoms with van der Waals surface area (Å²) in [5, 5.41) is 7.05. The van der Waals surface area contributed by atoms with Gasteiger partial charge in [0.05, 0.1) is 0 Å². The van der Waals surface area contributed by atoms with E-state index in [1.807, 2.05) is 30.3 Å². The summed E-state index contributed by atoms with van der Waals surface area (Å²) in [7, 11) is 0. The van der Waals surface area contributed by atoms with Crippen LogP contribution in [0.5, 0.6) is 0 Å². The van der Waals surface area contributed by atoms with Crippen molar-refractivity contribution < 1.29 is 4.79 Å². The molecule has 2 aliphatic heterocycles. The number of halogens is 1. The van der Waals surface area contributed by atoms with Gasteiger partial charge in [-0.3, -0.25) is 9.79 Å². The van der Waals surface area contributed by atoms with Gasteiger partial charge in [0.2, 0.25) is 0 Å². The van der Waals surface area contributed by atoms with Crippen LogP contribution in [-0.2, 0) is 4.79 Å². The number of fused-ring (bicyclic) bond motifs is 1.